The van der Waals surface area contributed by atoms with Gasteiger partial charge in [-0.3, -0.25) is 0 Å². The van der Waals surface area contributed by atoms with Gasteiger partial charge in [0.25, 0.3) is 10.5 Å². The summed E-state index contributed by atoms with van der Waals surface area (Å²) in [5.41, 5.74) is 8.33. The van der Waals surface area contributed by atoms with Gasteiger partial charge >= 0.3 is 0 Å². The fraction of sp³-hybridized carbons (Fsp3) is 0.150. The summed E-state index contributed by atoms with van der Waals surface area (Å²) in [5, 5.41) is 2.75. The first-order chi connectivity index (χ1) is 11.7. The van der Waals surface area contributed by atoms with Gasteiger partial charge in [-0.25, -0.2) is 8.42 Å². The summed E-state index contributed by atoms with van der Waals surface area (Å²) in [6.07, 6.45) is 3.38. The highest BCUT2D eigenvalue weighted by molar-refractivity contribution is 7.80. The zero-order valence-electron chi connectivity index (χ0n) is 13.9. The van der Waals surface area contributed by atoms with E-state index in [0.717, 1.165) is 6.42 Å². The molecule has 0 aliphatic heterocycles. The number of hydrogen-bond acceptors (Lipinski definition) is 3. The van der Waals surface area contributed by atoms with Crippen LogP contribution in [0.25, 0.3) is 10.8 Å². The molecule has 1 aliphatic rings. The van der Waals surface area contributed by atoms with Crippen molar-refractivity contribution in [1.29, 1.82) is 0 Å². The van der Waals surface area contributed by atoms with Gasteiger partial charge in [0.15, 0.2) is 0 Å². The Morgan fingerprint density at radius 2 is 1.60 bits per heavy atom. The van der Waals surface area contributed by atoms with E-state index in [-0.39, 0.29) is 0 Å². The molecular weight excluding hydrogens is 339 g/mol. The number of hydrogen-bond donors (Lipinski definition) is 0. The van der Waals surface area contributed by atoms with Crippen molar-refractivity contribution in [3.63, 3.8) is 0 Å². The Bertz CT molecular complexity index is 1050. The van der Waals surface area contributed by atoms with E-state index < -0.39 is 10.5 Å². The molecule has 0 unspecified atom stereocenters. The normalized spacial score (nSPS) is 12.5. The van der Waals surface area contributed by atoms with Crippen molar-refractivity contribution in [2.45, 2.75) is 20.3 Å². The van der Waals surface area contributed by atoms with Gasteiger partial charge in [0.05, 0.1) is 17.5 Å². The van der Waals surface area contributed by atoms with Crippen LogP contribution in [0.15, 0.2) is 48.5 Å². The fourth-order valence-electron chi connectivity index (χ4n) is 3.23. The molecule has 5 heteroatoms. The lowest BCUT2D eigenvalue weighted by Gasteiger charge is -2.15. The molecule has 0 saturated heterocycles. The zero-order valence-corrected chi connectivity index (χ0v) is 14.7. The van der Waals surface area contributed by atoms with Gasteiger partial charge in [-0.1, -0.05) is 17.7 Å². The Balaban J connectivity index is 0.000000324. The lowest BCUT2D eigenvalue weighted by molar-refractivity contribution is 0.417. The minimum atomic E-state index is -5.42. The van der Waals surface area contributed by atoms with Crippen LogP contribution in [-0.4, -0.2) is 13.0 Å². The Morgan fingerprint density at radius 3 is 2.32 bits per heavy atom. The minimum absolute atomic E-state index is 1.04. The standard InChI is InChI=1S/C20H17.FHO3S/c1-13-3-5-15-12-20-17(11-18(15)10-13)7-6-16-9-14(2)4-8-19(16)20;1-5(2,3)4/h3-11H,12H2,1-2H3;(H,2,3,4)/q+1;/p-1. The van der Waals surface area contributed by atoms with Crippen LogP contribution >= 0.6 is 0 Å². The van der Waals surface area contributed by atoms with Crippen molar-refractivity contribution in [3.8, 4) is 0 Å². The van der Waals surface area contributed by atoms with E-state index in [9.17, 15) is 3.89 Å². The second-order valence-corrected chi connectivity index (χ2v) is 7.06. The van der Waals surface area contributed by atoms with E-state index in [2.05, 4.69) is 68.8 Å². The molecule has 0 saturated carbocycles. The highest BCUT2D eigenvalue weighted by Crippen LogP contribution is 2.34. The van der Waals surface area contributed by atoms with Gasteiger partial charge in [-0.15, -0.1) is 3.89 Å². The largest absolute Gasteiger partial charge is 0.722 e. The van der Waals surface area contributed by atoms with E-state index in [1.54, 1.807) is 0 Å². The van der Waals surface area contributed by atoms with Crippen molar-refractivity contribution in [2.24, 2.45) is 0 Å². The highest BCUT2D eigenvalue weighted by atomic mass is 32.3. The molecule has 0 fully saturated rings. The van der Waals surface area contributed by atoms with E-state index in [1.807, 2.05) is 0 Å². The fourth-order valence-corrected chi connectivity index (χ4v) is 3.23. The summed E-state index contributed by atoms with van der Waals surface area (Å²) in [6, 6.07) is 18.1. The Morgan fingerprint density at radius 1 is 0.960 bits per heavy atom. The summed E-state index contributed by atoms with van der Waals surface area (Å²) < 4.78 is 35.3. The molecule has 3 aromatic rings. The summed E-state index contributed by atoms with van der Waals surface area (Å²) in [7, 11) is -5.42. The Kier molecular flexibility index (Phi) is 4.54. The average molecular weight is 356 g/mol. The second kappa shape index (κ2) is 6.50. The quantitative estimate of drug-likeness (QED) is 0.267. The van der Waals surface area contributed by atoms with Crippen LogP contribution in [0, 0.1) is 20.3 Å². The number of benzene rings is 3. The summed E-state index contributed by atoms with van der Waals surface area (Å²) in [4.78, 5) is 0. The summed E-state index contributed by atoms with van der Waals surface area (Å²) in [5.74, 6) is 0. The van der Waals surface area contributed by atoms with Crippen molar-refractivity contribution in [1.82, 2.24) is 0 Å². The molecule has 3 nitrogen and oxygen atoms in total. The summed E-state index contributed by atoms with van der Waals surface area (Å²) >= 11 is 0. The first kappa shape index (κ1) is 17.5. The van der Waals surface area contributed by atoms with Crippen LogP contribution in [-0.2, 0) is 16.9 Å². The maximum absolute atomic E-state index is 10.1. The third-order valence-corrected chi connectivity index (χ3v) is 4.30. The van der Waals surface area contributed by atoms with Gasteiger partial charge in [-0.2, -0.15) is 0 Å². The molecule has 3 aromatic carbocycles. The van der Waals surface area contributed by atoms with Crippen molar-refractivity contribution in [2.75, 3.05) is 0 Å². The van der Waals surface area contributed by atoms with E-state index in [0.29, 0.717) is 0 Å². The van der Waals surface area contributed by atoms with Crippen LogP contribution < -0.4 is 0 Å². The van der Waals surface area contributed by atoms with Gasteiger partial charge < -0.3 is 4.55 Å². The number of aryl methyl sites for hydroxylation is 2. The molecule has 0 heterocycles. The zero-order chi connectivity index (χ0) is 18.2. The van der Waals surface area contributed by atoms with Crippen LogP contribution in [0.4, 0.5) is 3.89 Å². The van der Waals surface area contributed by atoms with E-state index in [4.69, 9.17) is 13.0 Å². The molecule has 0 amide bonds. The number of fused-ring (bicyclic) bond motifs is 4. The number of rotatable bonds is 0. The van der Waals surface area contributed by atoms with Crippen molar-refractivity contribution in [3.05, 3.63) is 88.3 Å². The monoisotopic (exact) mass is 356 g/mol. The molecule has 128 valence electrons. The molecule has 0 N–H and O–H groups in total. The highest BCUT2D eigenvalue weighted by Gasteiger charge is 2.23. The molecule has 0 bridgehead atoms. The van der Waals surface area contributed by atoms with Gasteiger partial charge in [-0.05, 0) is 49.1 Å². The lowest BCUT2D eigenvalue weighted by atomic mass is 9.83. The molecule has 4 rings (SSSR count). The first-order valence-electron chi connectivity index (χ1n) is 7.83. The van der Waals surface area contributed by atoms with E-state index >= 15 is 0 Å². The molecule has 25 heavy (non-hydrogen) atoms. The van der Waals surface area contributed by atoms with Crippen LogP contribution in [0.1, 0.15) is 33.4 Å². The molecule has 0 aromatic heterocycles. The second-order valence-electron chi connectivity index (χ2n) is 6.27. The molecule has 1 aliphatic carbocycles. The lowest BCUT2D eigenvalue weighted by Crippen LogP contribution is -2.06. The van der Waals surface area contributed by atoms with Gasteiger partial charge in [0, 0.05) is 35.1 Å². The third kappa shape index (κ3) is 4.18. The molecule has 0 atom stereocenters. The van der Waals surface area contributed by atoms with Crippen LogP contribution in [0.2, 0.25) is 0 Å². The summed E-state index contributed by atoms with van der Waals surface area (Å²) in [6.45, 7) is 4.32. The van der Waals surface area contributed by atoms with Gasteiger partial charge in [0.1, 0.15) is 0 Å². The van der Waals surface area contributed by atoms with Crippen LogP contribution in [0.5, 0.6) is 0 Å². The smallest absolute Gasteiger partial charge is 0.255 e. The van der Waals surface area contributed by atoms with E-state index in [1.165, 1.54) is 44.2 Å². The maximum Gasteiger partial charge on any atom is 0.255 e. The topological polar surface area (TPSA) is 57.2 Å². The third-order valence-electron chi connectivity index (χ3n) is 4.30. The van der Waals surface area contributed by atoms with Crippen molar-refractivity contribution >= 4 is 21.3 Å². The molecular formula is C20H17FO3S. The predicted molar refractivity (Wildman–Crippen MR) is 96.0 cm³/mol. The number of halogens is 1. The Labute approximate surface area is 147 Å². The van der Waals surface area contributed by atoms with Gasteiger partial charge in [0.2, 0.25) is 0 Å². The minimum Gasteiger partial charge on any atom is -0.722 e. The SMILES string of the molecule is Cc1ccc2c(c1)[CH+]c1ccc3cc(C)ccc3c1C2.O=S(=O)([O-])F. The maximum atomic E-state index is 10.1. The predicted octanol–water partition coefficient (Wildman–Crippen LogP) is 4.38. The average Bonchev–Trinajstić information content (AvgIpc) is 2.51. The Hall–Kier alpha value is -2.37. The van der Waals surface area contributed by atoms with Crippen LogP contribution in [0.3, 0.4) is 0 Å². The first-order valence-corrected chi connectivity index (χ1v) is 9.13. The van der Waals surface area contributed by atoms with Crippen molar-refractivity contribution < 1.29 is 16.9 Å². The molecule has 0 spiro atoms. The molecule has 0 radical (unpaired) electrons.